The first-order valence-corrected chi connectivity index (χ1v) is 4.82. The van der Waals surface area contributed by atoms with Gasteiger partial charge in [-0.2, -0.15) is 0 Å². The van der Waals surface area contributed by atoms with Crippen LogP contribution >= 0.6 is 0 Å². The van der Waals surface area contributed by atoms with Gasteiger partial charge in [-0.3, -0.25) is 10.1 Å². The maximum Gasteiger partial charge on any atom is 0.238 e. The Labute approximate surface area is 89.6 Å². The molecular weight excluding hydrogens is 190 g/mol. The summed E-state index contributed by atoms with van der Waals surface area (Å²) in [4.78, 5) is 10.2. The maximum absolute atomic E-state index is 10.6. The molecule has 0 aliphatic heterocycles. The molecule has 0 aliphatic rings. The number of benzene rings is 1. The number of hydrogen-bond acceptors (Lipinski definition) is 2. The fraction of sp³-hybridized carbons (Fsp3) is 0.333. The first kappa shape index (κ1) is 11.4. The molecule has 3 heteroatoms. The van der Waals surface area contributed by atoms with Gasteiger partial charge in [0.25, 0.3) is 0 Å². The quantitative estimate of drug-likeness (QED) is 0.549. The first-order valence-electron chi connectivity index (χ1n) is 4.82. The standard InChI is InChI=1S/C12H15NO2/c1-12(2,3)11(9-13(14)15)10-7-5-4-6-8-10/h4-9H,1-3H3/b11-9+. The molecule has 0 unspecified atom stereocenters. The number of rotatable bonds is 2. The Morgan fingerprint density at radius 1 is 1.27 bits per heavy atom. The zero-order valence-corrected chi connectivity index (χ0v) is 9.23. The molecule has 0 radical (unpaired) electrons. The van der Waals surface area contributed by atoms with Gasteiger partial charge in [0.15, 0.2) is 0 Å². The first-order chi connectivity index (χ1) is 6.91. The summed E-state index contributed by atoms with van der Waals surface area (Å²) in [6.45, 7) is 5.90. The summed E-state index contributed by atoms with van der Waals surface area (Å²) in [6.07, 6.45) is 1.09. The molecule has 80 valence electrons. The van der Waals surface area contributed by atoms with Crippen LogP contribution in [0.15, 0.2) is 36.5 Å². The molecule has 0 amide bonds. The summed E-state index contributed by atoms with van der Waals surface area (Å²) in [5.41, 5.74) is 1.42. The molecule has 0 heterocycles. The second kappa shape index (κ2) is 4.26. The van der Waals surface area contributed by atoms with Crippen molar-refractivity contribution < 1.29 is 4.92 Å². The molecular formula is C12H15NO2. The maximum atomic E-state index is 10.6. The third kappa shape index (κ3) is 3.20. The van der Waals surface area contributed by atoms with Crippen molar-refractivity contribution in [1.82, 2.24) is 0 Å². The number of nitro groups is 1. The lowest BCUT2D eigenvalue weighted by molar-refractivity contribution is -0.401. The minimum absolute atomic E-state index is 0.228. The van der Waals surface area contributed by atoms with E-state index in [4.69, 9.17) is 0 Å². The third-order valence-electron chi connectivity index (χ3n) is 2.13. The Hall–Kier alpha value is -1.64. The minimum Gasteiger partial charge on any atom is -0.259 e. The molecule has 0 N–H and O–H groups in total. The second-order valence-electron chi connectivity index (χ2n) is 4.44. The Balaban J connectivity index is 3.20. The zero-order valence-electron chi connectivity index (χ0n) is 9.23. The highest BCUT2D eigenvalue weighted by Gasteiger charge is 2.21. The van der Waals surface area contributed by atoms with Gasteiger partial charge in [-0.15, -0.1) is 0 Å². The van der Waals surface area contributed by atoms with Crippen LogP contribution in [0.25, 0.3) is 5.57 Å². The van der Waals surface area contributed by atoms with Gasteiger partial charge in [0.1, 0.15) is 0 Å². The summed E-state index contributed by atoms with van der Waals surface area (Å²) in [7, 11) is 0. The lowest BCUT2D eigenvalue weighted by atomic mass is 9.83. The smallest absolute Gasteiger partial charge is 0.238 e. The van der Waals surface area contributed by atoms with E-state index >= 15 is 0 Å². The molecule has 1 rings (SSSR count). The van der Waals surface area contributed by atoms with Crippen LogP contribution in [0.5, 0.6) is 0 Å². The van der Waals surface area contributed by atoms with Crippen molar-refractivity contribution >= 4 is 5.57 Å². The van der Waals surface area contributed by atoms with Crippen molar-refractivity contribution in [3.05, 3.63) is 52.2 Å². The minimum atomic E-state index is -0.395. The van der Waals surface area contributed by atoms with Crippen LogP contribution in [0, 0.1) is 15.5 Å². The average Bonchev–Trinajstić information content (AvgIpc) is 2.14. The highest BCUT2D eigenvalue weighted by molar-refractivity contribution is 5.68. The van der Waals surface area contributed by atoms with Crippen molar-refractivity contribution in [3.63, 3.8) is 0 Å². The van der Waals surface area contributed by atoms with Crippen molar-refractivity contribution in [2.75, 3.05) is 0 Å². The fourth-order valence-electron chi connectivity index (χ4n) is 1.42. The van der Waals surface area contributed by atoms with Crippen LogP contribution < -0.4 is 0 Å². The van der Waals surface area contributed by atoms with Crippen molar-refractivity contribution in [3.8, 4) is 0 Å². The molecule has 0 bridgehead atoms. The van der Waals surface area contributed by atoms with Crippen molar-refractivity contribution in [2.24, 2.45) is 5.41 Å². The van der Waals surface area contributed by atoms with Crippen LogP contribution in [-0.2, 0) is 0 Å². The van der Waals surface area contributed by atoms with Crippen LogP contribution in [0.4, 0.5) is 0 Å². The number of hydrogen-bond donors (Lipinski definition) is 0. The van der Waals surface area contributed by atoms with Crippen LogP contribution in [-0.4, -0.2) is 4.92 Å². The van der Waals surface area contributed by atoms with Gasteiger partial charge in [-0.1, -0.05) is 51.1 Å². The van der Waals surface area contributed by atoms with E-state index in [9.17, 15) is 10.1 Å². The van der Waals surface area contributed by atoms with Gasteiger partial charge in [-0.25, -0.2) is 0 Å². The molecule has 3 nitrogen and oxygen atoms in total. The van der Waals surface area contributed by atoms with E-state index in [-0.39, 0.29) is 5.41 Å². The Kier molecular flexibility index (Phi) is 3.24. The molecule has 0 aliphatic carbocycles. The molecule has 0 saturated heterocycles. The monoisotopic (exact) mass is 205 g/mol. The molecule has 0 atom stereocenters. The summed E-state index contributed by atoms with van der Waals surface area (Å²) in [6, 6.07) is 9.45. The molecule has 1 aromatic carbocycles. The van der Waals surface area contributed by atoms with Crippen LogP contribution in [0.1, 0.15) is 26.3 Å². The summed E-state index contributed by atoms with van der Waals surface area (Å²) in [5, 5.41) is 10.6. The normalized spacial score (nSPS) is 12.6. The number of nitrogens with zero attached hydrogens (tertiary/aromatic N) is 1. The number of allylic oxidation sites excluding steroid dienone is 1. The van der Waals surface area contributed by atoms with Gasteiger partial charge >= 0.3 is 0 Å². The van der Waals surface area contributed by atoms with Crippen molar-refractivity contribution in [1.29, 1.82) is 0 Å². The van der Waals surface area contributed by atoms with E-state index < -0.39 is 4.92 Å². The lowest BCUT2D eigenvalue weighted by Crippen LogP contribution is -2.10. The van der Waals surface area contributed by atoms with E-state index in [2.05, 4.69) is 0 Å². The summed E-state index contributed by atoms with van der Waals surface area (Å²) in [5.74, 6) is 0. The molecule has 0 aromatic heterocycles. The Bertz CT molecular complexity index is 374. The fourth-order valence-corrected chi connectivity index (χ4v) is 1.42. The predicted octanol–water partition coefficient (Wildman–Crippen LogP) is 3.35. The lowest BCUT2D eigenvalue weighted by Gasteiger charge is -2.20. The Morgan fingerprint density at radius 2 is 1.80 bits per heavy atom. The topological polar surface area (TPSA) is 43.1 Å². The summed E-state index contributed by atoms with van der Waals surface area (Å²) < 4.78 is 0. The molecule has 0 fully saturated rings. The highest BCUT2D eigenvalue weighted by atomic mass is 16.6. The van der Waals surface area contributed by atoms with E-state index in [1.807, 2.05) is 51.1 Å². The average molecular weight is 205 g/mol. The Morgan fingerprint density at radius 3 is 2.20 bits per heavy atom. The third-order valence-corrected chi connectivity index (χ3v) is 2.13. The molecule has 15 heavy (non-hydrogen) atoms. The second-order valence-corrected chi connectivity index (χ2v) is 4.44. The molecule has 0 spiro atoms. The van der Waals surface area contributed by atoms with Crippen LogP contribution in [0.2, 0.25) is 0 Å². The van der Waals surface area contributed by atoms with Gasteiger partial charge in [0, 0.05) is 5.57 Å². The van der Waals surface area contributed by atoms with Crippen molar-refractivity contribution in [2.45, 2.75) is 20.8 Å². The van der Waals surface area contributed by atoms with Gasteiger partial charge in [-0.05, 0) is 11.0 Å². The van der Waals surface area contributed by atoms with E-state index in [0.29, 0.717) is 0 Å². The molecule has 1 aromatic rings. The largest absolute Gasteiger partial charge is 0.259 e. The highest BCUT2D eigenvalue weighted by Crippen LogP contribution is 2.33. The van der Waals surface area contributed by atoms with Gasteiger partial charge < -0.3 is 0 Å². The predicted molar refractivity (Wildman–Crippen MR) is 60.9 cm³/mol. The summed E-state index contributed by atoms with van der Waals surface area (Å²) >= 11 is 0. The van der Waals surface area contributed by atoms with E-state index in [1.165, 1.54) is 0 Å². The van der Waals surface area contributed by atoms with Gasteiger partial charge in [0.05, 0.1) is 4.92 Å². The van der Waals surface area contributed by atoms with Gasteiger partial charge in [0.2, 0.25) is 6.20 Å². The molecule has 0 saturated carbocycles. The zero-order chi connectivity index (χ0) is 11.5. The SMILES string of the molecule is CC(C)(C)/C(=C/[N+](=O)[O-])c1ccccc1. The van der Waals surface area contributed by atoms with E-state index in [0.717, 1.165) is 17.3 Å². The van der Waals surface area contributed by atoms with E-state index in [1.54, 1.807) is 0 Å². The van der Waals surface area contributed by atoms with Crippen LogP contribution in [0.3, 0.4) is 0 Å².